The summed E-state index contributed by atoms with van der Waals surface area (Å²) < 4.78 is 26.2. The first-order valence-corrected chi connectivity index (χ1v) is 13.1. The first kappa shape index (κ1) is 27.3. The number of likely N-dealkylation sites (N-methyl/N-ethyl adjacent to an activating group) is 1. The first-order chi connectivity index (χ1) is 16.0. The fraction of sp³-hybridized carbons (Fsp3) is 0.375. The van der Waals surface area contributed by atoms with Gasteiger partial charge in [-0.2, -0.15) is 0 Å². The monoisotopic (exact) mass is 507 g/mol. The maximum absolute atomic E-state index is 13.5. The second kappa shape index (κ2) is 12.0. The Bertz CT molecular complexity index is 1150. The number of halogens is 1. The summed E-state index contributed by atoms with van der Waals surface area (Å²) in [5, 5.41) is 3.16. The van der Waals surface area contributed by atoms with Gasteiger partial charge in [-0.3, -0.25) is 18.7 Å². The lowest BCUT2D eigenvalue weighted by Gasteiger charge is -2.33. The topological polar surface area (TPSA) is 104 Å². The molecule has 0 aliphatic rings. The zero-order chi connectivity index (χ0) is 25.5. The van der Waals surface area contributed by atoms with Crippen molar-refractivity contribution in [2.45, 2.75) is 39.8 Å². The molecule has 1 atom stereocenters. The van der Waals surface area contributed by atoms with Gasteiger partial charge in [0.15, 0.2) is 5.78 Å². The lowest BCUT2D eigenvalue weighted by molar-refractivity contribution is -0.140. The Balaban J connectivity index is 2.48. The smallest absolute Gasteiger partial charge is 0.244 e. The molecule has 0 saturated heterocycles. The van der Waals surface area contributed by atoms with E-state index in [2.05, 4.69) is 5.32 Å². The van der Waals surface area contributed by atoms with Gasteiger partial charge in [0, 0.05) is 23.7 Å². The molecule has 184 valence electrons. The normalized spacial score (nSPS) is 12.0. The minimum atomic E-state index is -3.89. The Morgan fingerprint density at radius 3 is 2.29 bits per heavy atom. The van der Waals surface area contributed by atoms with Crippen LogP contribution in [0.25, 0.3) is 0 Å². The van der Waals surface area contributed by atoms with Gasteiger partial charge in [-0.25, -0.2) is 8.42 Å². The van der Waals surface area contributed by atoms with Gasteiger partial charge >= 0.3 is 0 Å². The van der Waals surface area contributed by atoms with E-state index in [0.29, 0.717) is 29.1 Å². The van der Waals surface area contributed by atoms with Gasteiger partial charge in [0.1, 0.15) is 12.6 Å². The van der Waals surface area contributed by atoms with E-state index in [4.69, 9.17) is 11.6 Å². The number of nitrogens with one attached hydrogen (secondary N) is 1. The van der Waals surface area contributed by atoms with Crippen LogP contribution in [0, 0.1) is 0 Å². The summed E-state index contributed by atoms with van der Waals surface area (Å²) in [5.74, 6) is -1.14. The van der Waals surface area contributed by atoms with Crippen molar-refractivity contribution in [2.75, 3.05) is 23.7 Å². The maximum Gasteiger partial charge on any atom is 0.244 e. The highest BCUT2D eigenvalue weighted by atomic mass is 35.5. The lowest BCUT2D eigenvalue weighted by atomic mass is 10.1. The highest BCUT2D eigenvalue weighted by molar-refractivity contribution is 7.92. The number of sulfonamides is 1. The number of nitrogens with zero attached hydrogens (tertiary/aromatic N) is 2. The van der Waals surface area contributed by atoms with E-state index < -0.39 is 28.5 Å². The summed E-state index contributed by atoms with van der Waals surface area (Å²) in [4.78, 5) is 39.5. The molecule has 0 spiro atoms. The lowest BCUT2D eigenvalue weighted by Crippen LogP contribution is -2.52. The number of Topliss-reactive ketones (excluding diaryl/α,β-unsaturated/α-hetero) is 1. The second-order valence-electron chi connectivity index (χ2n) is 7.81. The van der Waals surface area contributed by atoms with Crippen molar-refractivity contribution in [3.05, 3.63) is 64.7 Å². The summed E-state index contributed by atoms with van der Waals surface area (Å²) in [7, 11) is -3.89. The highest BCUT2D eigenvalue weighted by Gasteiger charge is 2.32. The van der Waals surface area contributed by atoms with E-state index in [-0.39, 0.29) is 23.9 Å². The van der Waals surface area contributed by atoms with Crippen LogP contribution in [-0.2, 0) is 26.2 Å². The molecule has 34 heavy (non-hydrogen) atoms. The Morgan fingerprint density at radius 1 is 1.06 bits per heavy atom. The van der Waals surface area contributed by atoms with Crippen LogP contribution in [-0.4, -0.2) is 56.3 Å². The summed E-state index contributed by atoms with van der Waals surface area (Å²) in [5.41, 5.74) is 1.14. The highest BCUT2D eigenvalue weighted by Crippen LogP contribution is 2.23. The van der Waals surface area contributed by atoms with E-state index in [1.54, 1.807) is 50.2 Å². The largest absolute Gasteiger partial charge is 0.355 e. The van der Waals surface area contributed by atoms with Gasteiger partial charge in [-0.1, -0.05) is 48.9 Å². The van der Waals surface area contributed by atoms with Crippen LogP contribution in [0.2, 0.25) is 5.02 Å². The fourth-order valence-electron chi connectivity index (χ4n) is 3.52. The predicted molar refractivity (Wildman–Crippen MR) is 133 cm³/mol. The van der Waals surface area contributed by atoms with E-state index in [9.17, 15) is 22.8 Å². The summed E-state index contributed by atoms with van der Waals surface area (Å²) >= 11 is 6.31. The third-order valence-corrected chi connectivity index (χ3v) is 6.76. The molecule has 0 saturated carbocycles. The van der Waals surface area contributed by atoms with Gasteiger partial charge < -0.3 is 10.2 Å². The SMILES string of the molecule is CCNC(=O)[C@@H](CC)N(Cc1ccccc1Cl)C(=O)CN(c1cccc(C(C)=O)c1)S(C)(=O)=O. The number of ketones is 1. The van der Waals surface area contributed by atoms with Crippen molar-refractivity contribution in [2.24, 2.45) is 0 Å². The number of carbonyl (C=O) groups is 3. The molecule has 2 amide bonds. The van der Waals surface area contributed by atoms with Gasteiger partial charge in [0.2, 0.25) is 21.8 Å². The Hall–Kier alpha value is -2.91. The number of rotatable bonds is 11. The first-order valence-electron chi connectivity index (χ1n) is 10.9. The molecule has 2 aromatic rings. The molecule has 0 fully saturated rings. The Morgan fingerprint density at radius 2 is 1.74 bits per heavy atom. The average Bonchev–Trinajstić information content (AvgIpc) is 2.77. The molecule has 0 aliphatic carbocycles. The van der Waals surface area contributed by atoms with E-state index in [1.165, 1.54) is 24.0 Å². The van der Waals surface area contributed by atoms with Crippen LogP contribution < -0.4 is 9.62 Å². The molecule has 0 bridgehead atoms. The summed E-state index contributed by atoms with van der Waals surface area (Å²) in [6.07, 6.45) is 1.31. The van der Waals surface area contributed by atoms with Crippen molar-refractivity contribution in [1.29, 1.82) is 0 Å². The van der Waals surface area contributed by atoms with Gasteiger partial charge in [-0.05, 0) is 44.0 Å². The average molecular weight is 508 g/mol. The predicted octanol–water partition coefficient (Wildman–Crippen LogP) is 3.25. The number of hydrogen-bond acceptors (Lipinski definition) is 5. The molecule has 0 radical (unpaired) electrons. The molecule has 2 rings (SSSR count). The van der Waals surface area contributed by atoms with Crippen molar-refractivity contribution < 1.29 is 22.8 Å². The third kappa shape index (κ3) is 7.04. The minimum absolute atomic E-state index is 0.0270. The fourth-order valence-corrected chi connectivity index (χ4v) is 4.55. The van der Waals surface area contributed by atoms with Crippen molar-refractivity contribution in [1.82, 2.24) is 10.2 Å². The van der Waals surface area contributed by atoms with Gasteiger partial charge in [0.25, 0.3) is 0 Å². The molecule has 0 unspecified atom stereocenters. The second-order valence-corrected chi connectivity index (χ2v) is 10.1. The van der Waals surface area contributed by atoms with Crippen LogP contribution in [0.15, 0.2) is 48.5 Å². The Labute approximate surface area is 205 Å². The van der Waals surface area contributed by atoms with Crippen LogP contribution in [0.3, 0.4) is 0 Å². The van der Waals surface area contributed by atoms with Crippen molar-refractivity contribution >= 4 is 44.9 Å². The molecule has 10 heteroatoms. The zero-order valence-corrected chi connectivity index (χ0v) is 21.3. The van der Waals surface area contributed by atoms with Crippen molar-refractivity contribution in [3.63, 3.8) is 0 Å². The van der Waals surface area contributed by atoms with Crippen LogP contribution in [0.5, 0.6) is 0 Å². The number of benzene rings is 2. The summed E-state index contributed by atoms with van der Waals surface area (Å²) in [6, 6.07) is 12.2. The van der Waals surface area contributed by atoms with Gasteiger partial charge in [-0.15, -0.1) is 0 Å². The molecular formula is C24H30ClN3O5S. The molecule has 8 nitrogen and oxygen atoms in total. The number of hydrogen-bond donors (Lipinski definition) is 1. The Kier molecular flexibility index (Phi) is 9.64. The standard InChI is InChI=1S/C24H30ClN3O5S/c1-5-22(24(31)26-6-2)27(15-19-10-7-8-13-21(19)25)23(30)16-28(34(4,32)33)20-12-9-11-18(14-20)17(3)29/h7-14,22H,5-6,15-16H2,1-4H3,(H,26,31)/t22-/m1/s1. The molecule has 1 N–H and O–H groups in total. The molecule has 0 heterocycles. The number of anilines is 1. The number of carbonyl (C=O) groups excluding carboxylic acids is 3. The maximum atomic E-state index is 13.5. The van der Waals surface area contributed by atoms with E-state index >= 15 is 0 Å². The van der Waals surface area contributed by atoms with Crippen molar-refractivity contribution in [3.8, 4) is 0 Å². The summed E-state index contributed by atoms with van der Waals surface area (Å²) in [6.45, 7) is 4.80. The molecular weight excluding hydrogens is 478 g/mol. The van der Waals surface area contributed by atoms with E-state index in [1.807, 2.05) is 0 Å². The third-order valence-electron chi connectivity index (χ3n) is 5.26. The van der Waals surface area contributed by atoms with Crippen LogP contribution in [0.4, 0.5) is 5.69 Å². The number of amides is 2. The van der Waals surface area contributed by atoms with E-state index in [0.717, 1.165) is 10.6 Å². The van der Waals surface area contributed by atoms with Crippen LogP contribution in [0.1, 0.15) is 43.1 Å². The van der Waals surface area contributed by atoms with Gasteiger partial charge in [0.05, 0.1) is 11.9 Å². The zero-order valence-electron chi connectivity index (χ0n) is 19.7. The molecule has 2 aromatic carbocycles. The quantitative estimate of drug-likeness (QED) is 0.470. The minimum Gasteiger partial charge on any atom is -0.355 e. The van der Waals surface area contributed by atoms with Crippen LogP contribution >= 0.6 is 11.6 Å². The molecule has 0 aromatic heterocycles. The molecule has 0 aliphatic heterocycles.